The second-order valence-corrected chi connectivity index (χ2v) is 4.72. The van der Waals surface area contributed by atoms with E-state index in [1.165, 1.54) is 19.4 Å². The molecule has 23 heavy (non-hydrogen) atoms. The summed E-state index contributed by atoms with van der Waals surface area (Å²) in [5, 5.41) is 3.87. The third-order valence-electron chi connectivity index (χ3n) is 3.16. The van der Waals surface area contributed by atoms with Crippen molar-refractivity contribution in [3.05, 3.63) is 59.2 Å². The number of rotatable bonds is 7. The number of alkyl halides is 2. The summed E-state index contributed by atoms with van der Waals surface area (Å²) in [7, 11) is 1.38. The first-order chi connectivity index (χ1) is 11.1. The number of hydrogen-bond acceptors (Lipinski definition) is 4. The van der Waals surface area contributed by atoms with Crippen LogP contribution in [0, 0.1) is 6.92 Å². The molecule has 2 rings (SSSR count). The standard InChI is InChI=1S/C17H17F2NO3/c1-12-5-3-4-6-14(12)11-22-20-10-13-7-8-15(23-17(18)19)16(9-13)21-2/h3-10,17H,11H2,1-2H3/b20-10+. The van der Waals surface area contributed by atoms with Crippen molar-refractivity contribution in [2.45, 2.75) is 20.1 Å². The van der Waals surface area contributed by atoms with Gasteiger partial charge in [0.25, 0.3) is 0 Å². The molecule has 0 heterocycles. The van der Waals surface area contributed by atoms with Crippen molar-refractivity contribution in [3.8, 4) is 11.5 Å². The lowest BCUT2D eigenvalue weighted by Crippen LogP contribution is -2.03. The normalized spacial score (nSPS) is 11.0. The molecule has 2 aromatic carbocycles. The number of oxime groups is 1. The Labute approximate surface area is 133 Å². The van der Waals surface area contributed by atoms with Crippen molar-refractivity contribution >= 4 is 6.21 Å². The summed E-state index contributed by atoms with van der Waals surface area (Å²) < 4.78 is 33.9. The monoisotopic (exact) mass is 321 g/mol. The molecule has 0 aliphatic heterocycles. The third kappa shape index (κ3) is 4.95. The largest absolute Gasteiger partial charge is 0.493 e. The zero-order valence-corrected chi connectivity index (χ0v) is 12.8. The molecule has 0 unspecified atom stereocenters. The average Bonchev–Trinajstić information content (AvgIpc) is 2.53. The molecule has 0 spiro atoms. The lowest BCUT2D eigenvalue weighted by molar-refractivity contribution is -0.0512. The van der Waals surface area contributed by atoms with Crippen LogP contribution in [0.4, 0.5) is 8.78 Å². The number of methoxy groups -OCH3 is 1. The molecule has 0 bridgehead atoms. The van der Waals surface area contributed by atoms with E-state index in [0.29, 0.717) is 12.2 Å². The molecule has 0 N–H and O–H groups in total. The molecule has 0 radical (unpaired) electrons. The van der Waals surface area contributed by atoms with Gasteiger partial charge in [0.2, 0.25) is 0 Å². The Morgan fingerprint density at radius 2 is 1.91 bits per heavy atom. The Hall–Kier alpha value is -2.63. The van der Waals surface area contributed by atoms with Gasteiger partial charge in [-0.15, -0.1) is 0 Å². The molecular weight excluding hydrogens is 304 g/mol. The predicted molar refractivity (Wildman–Crippen MR) is 83.2 cm³/mol. The molecule has 0 aliphatic carbocycles. The fourth-order valence-electron chi connectivity index (χ4n) is 1.93. The molecule has 0 fully saturated rings. The molecule has 6 heteroatoms. The van der Waals surface area contributed by atoms with E-state index in [2.05, 4.69) is 9.89 Å². The molecule has 2 aromatic rings. The van der Waals surface area contributed by atoms with Gasteiger partial charge >= 0.3 is 6.61 Å². The van der Waals surface area contributed by atoms with E-state index in [-0.39, 0.29) is 11.5 Å². The second kappa shape index (κ2) is 8.12. The molecular formula is C17H17F2NO3. The predicted octanol–water partition coefficient (Wildman–Crippen LogP) is 4.16. The van der Waals surface area contributed by atoms with Crippen LogP contribution < -0.4 is 9.47 Å². The van der Waals surface area contributed by atoms with Crippen molar-refractivity contribution in [1.82, 2.24) is 0 Å². The summed E-state index contributed by atoms with van der Waals surface area (Å²) in [4.78, 5) is 5.25. The summed E-state index contributed by atoms with van der Waals surface area (Å²) in [5.74, 6) is 0.175. The van der Waals surface area contributed by atoms with Crippen molar-refractivity contribution < 1.29 is 23.1 Å². The Morgan fingerprint density at radius 3 is 2.61 bits per heavy atom. The molecule has 4 nitrogen and oxygen atoms in total. The van der Waals surface area contributed by atoms with Gasteiger partial charge in [-0.05, 0) is 36.2 Å². The lowest BCUT2D eigenvalue weighted by atomic mass is 10.1. The summed E-state index contributed by atoms with van der Waals surface area (Å²) in [6, 6.07) is 12.4. The maximum atomic E-state index is 12.3. The second-order valence-electron chi connectivity index (χ2n) is 4.72. The van der Waals surface area contributed by atoms with E-state index < -0.39 is 6.61 Å². The minimum atomic E-state index is -2.90. The molecule has 0 aromatic heterocycles. The van der Waals surface area contributed by atoms with Gasteiger partial charge in [0, 0.05) is 5.56 Å². The zero-order chi connectivity index (χ0) is 16.7. The first-order valence-electron chi connectivity index (χ1n) is 6.93. The van der Waals surface area contributed by atoms with Crippen LogP contribution in [0.5, 0.6) is 11.5 Å². The minimum absolute atomic E-state index is 0.0273. The Bertz CT molecular complexity index is 675. The van der Waals surface area contributed by atoms with Crippen LogP contribution in [0.1, 0.15) is 16.7 Å². The van der Waals surface area contributed by atoms with E-state index in [1.54, 1.807) is 12.1 Å². The van der Waals surface area contributed by atoms with Crippen LogP contribution in [-0.4, -0.2) is 19.9 Å². The third-order valence-corrected chi connectivity index (χ3v) is 3.16. The van der Waals surface area contributed by atoms with Crippen LogP contribution in [0.2, 0.25) is 0 Å². The topological polar surface area (TPSA) is 40.0 Å². The summed E-state index contributed by atoms with van der Waals surface area (Å²) in [5.41, 5.74) is 2.81. The van der Waals surface area contributed by atoms with Crippen molar-refractivity contribution in [2.75, 3.05) is 7.11 Å². The number of benzene rings is 2. The molecule has 0 saturated carbocycles. The van der Waals surface area contributed by atoms with Crippen LogP contribution in [0.3, 0.4) is 0 Å². The van der Waals surface area contributed by atoms with Gasteiger partial charge in [-0.3, -0.25) is 0 Å². The van der Waals surface area contributed by atoms with E-state index in [1.807, 2.05) is 31.2 Å². The van der Waals surface area contributed by atoms with Crippen molar-refractivity contribution in [1.29, 1.82) is 0 Å². The van der Waals surface area contributed by atoms with Gasteiger partial charge in [0.1, 0.15) is 6.61 Å². The summed E-state index contributed by atoms with van der Waals surface area (Å²) >= 11 is 0. The molecule has 0 saturated heterocycles. The van der Waals surface area contributed by atoms with Crippen LogP contribution in [0.15, 0.2) is 47.6 Å². The molecule has 0 amide bonds. The van der Waals surface area contributed by atoms with Gasteiger partial charge < -0.3 is 14.3 Å². The van der Waals surface area contributed by atoms with Crippen LogP contribution in [0.25, 0.3) is 0 Å². The van der Waals surface area contributed by atoms with Crippen molar-refractivity contribution in [3.63, 3.8) is 0 Å². The Balaban J connectivity index is 1.98. The first-order valence-corrected chi connectivity index (χ1v) is 6.93. The minimum Gasteiger partial charge on any atom is -0.493 e. The maximum Gasteiger partial charge on any atom is 0.387 e. The van der Waals surface area contributed by atoms with Gasteiger partial charge in [0.15, 0.2) is 11.5 Å². The van der Waals surface area contributed by atoms with Gasteiger partial charge in [-0.25, -0.2) is 0 Å². The highest BCUT2D eigenvalue weighted by atomic mass is 19.3. The maximum absolute atomic E-state index is 12.3. The molecule has 0 aliphatic rings. The summed E-state index contributed by atoms with van der Waals surface area (Å²) in [6.07, 6.45) is 1.48. The van der Waals surface area contributed by atoms with Gasteiger partial charge in [-0.1, -0.05) is 29.4 Å². The lowest BCUT2D eigenvalue weighted by Gasteiger charge is -2.09. The smallest absolute Gasteiger partial charge is 0.387 e. The SMILES string of the molecule is COc1cc(/C=N/OCc2ccccc2C)ccc1OC(F)F. The summed E-state index contributed by atoms with van der Waals surface area (Å²) in [6.45, 7) is -0.553. The van der Waals surface area contributed by atoms with Crippen molar-refractivity contribution in [2.24, 2.45) is 5.16 Å². The average molecular weight is 321 g/mol. The fourth-order valence-corrected chi connectivity index (χ4v) is 1.93. The number of hydrogen-bond donors (Lipinski definition) is 0. The Morgan fingerprint density at radius 1 is 1.13 bits per heavy atom. The molecule has 0 atom stereocenters. The number of halogens is 2. The van der Waals surface area contributed by atoms with E-state index >= 15 is 0 Å². The first kappa shape index (κ1) is 16.7. The van der Waals surface area contributed by atoms with E-state index in [9.17, 15) is 8.78 Å². The number of aryl methyl sites for hydroxylation is 1. The highest BCUT2D eigenvalue weighted by Crippen LogP contribution is 2.28. The highest BCUT2D eigenvalue weighted by Gasteiger charge is 2.10. The van der Waals surface area contributed by atoms with Gasteiger partial charge in [0.05, 0.1) is 13.3 Å². The Kier molecular flexibility index (Phi) is 5.91. The van der Waals surface area contributed by atoms with Gasteiger partial charge in [-0.2, -0.15) is 8.78 Å². The van der Waals surface area contributed by atoms with E-state index in [4.69, 9.17) is 9.57 Å². The molecule has 122 valence electrons. The van der Waals surface area contributed by atoms with E-state index in [0.717, 1.165) is 11.1 Å². The van der Waals surface area contributed by atoms with Crippen LogP contribution >= 0.6 is 0 Å². The number of ether oxygens (including phenoxy) is 2. The highest BCUT2D eigenvalue weighted by molar-refractivity contribution is 5.80. The fraction of sp³-hybridized carbons (Fsp3) is 0.235. The number of nitrogens with zero attached hydrogens (tertiary/aromatic N) is 1. The zero-order valence-electron chi connectivity index (χ0n) is 12.8. The van der Waals surface area contributed by atoms with Crippen LogP contribution in [-0.2, 0) is 11.4 Å². The quantitative estimate of drug-likeness (QED) is 0.568.